The first-order valence-corrected chi connectivity index (χ1v) is 5.51. The largest absolute Gasteiger partial charge is 0.396 e. The highest BCUT2D eigenvalue weighted by Crippen LogP contribution is 2.32. The predicted molar refractivity (Wildman–Crippen MR) is 62.6 cm³/mol. The van der Waals surface area contributed by atoms with Crippen LogP contribution in [-0.4, -0.2) is 29.7 Å². The van der Waals surface area contributed by atoms with Gasteiger partial charge in [-0.2, -0.15) is 0 Å². The van der Waals surface area contributed by atoms with Crippen LogP contribution in [0.4, 0.5) is 20.2 Å². The number of anilines is 1. The van der Waals surface area contributed by atoms with Gasteiger partial charge in [-0.25, -0.2) is 8.78 Å². The molecule has 0 spiro atoms. The van der Waals surface area contributed by atoms with Crippen LogP contribution in [0, 0.1) is 21.7 Å². The molecule has 0 saturated heterocycles. The third-order valence-electron chi connectivity index (χ3n) is 2.53. The molecule has 18 heavy (non-hydrogen) atoms. The van der Waals surface area contributed by atoms with Gasteiger partial charge < -0.3 is 10.0 Å². The fourth-order valence-electron chi connectivity index (χ4n) is 1.67. The van der Waals surface area contributed by atoms with E-state index in [1.54, 1.807) is 6.92 Å². The average molecular weight is 260 g/mol. The van der Waals surface area contributed by atoms with Gasteiger partial charge in [0.25, 0.3) is 5.69 Å². The van der Waals surface area contributed by atoms with E-state index in [4.69, 9.17) is 5.11 Å². The van der Waals surface area contributed by atoms with E-state index >= 15 is 0 Å². The SMILES string of the molecule is CCN(CCCO)c1c([N+](=O)[O-])ccc(F)c1F. The Balaban J connectivity index is 3.25. The Bertz CT molecular complexity index is 441. The highest BCUT2D eigenvalue weighted by Gasteiger charge is 2.25. The van der Waals surface area contributed by atoms with Crippen molar-refractivity contribution in [3.05, 3.63) is 33.9 Å². The van der Waals surface area contributed by atoms with Crippen molar-refractivity contribution < 1.29 is 18.8 Å². The van der Waals surface area contributed by atoms with Crippen LogP contribution in [0.5, 0.6) is 0 Å². The van der Waals surface area contributed by atoms with E-state index in [2.05, 4.69) is 0 Å². The van der Waals surface area contributed by atoms with Gasteiger partial charge in [0, 0.05) is 25.8 Å². The molecule has 1 N–H and O–H groups in total. The van der Waals surface area contributed by atoms with Crippen LogP contribution in [0.1, 0.15) is 13.3 Å². The highest BCUT2D eigenvalue weighted by atomic mass is 19.2. The van der Waals surface area contributed by atoms with Crippen LogP contribution in [0.2, 0.25) is 0 Å². The number of rotatable bonds is 6. The molecule has 0 aliphatic rings. The molecule has 7 heteroatoms. The Morgan fingerprint density at radius 2 is 2.11 bits per heavy atom. The van der Waals surface area contributed by atoms with E-state index in [-0.39, 0.29) is 25.4 Å². The van der Waals surface area contributed by atoms with E-state index in [1.807, 2.05) is 0 Å². The van der Waals surface area contributed by atoms with E-state index in [0.717, 1.165) is 12.1 Å². The van der Waals surface area contributed by atoms with Gasteiger partial charge >= 0.3 is 0 Å². The van der Waals surface area contributed by atoms with Crippen molar-refractivity contribution in [1.82, 2.24) is 0 Å². The molecule has 0 heterocycles. The lowest BCUT2D eigenvalue weighted by molar-refractivity contribution is -0.384. The average Bonchev–Trinajstić information content (AvgIpc) is 2.34. The van der Waals surface area contributed by atoms with Gasteiger partial charge in [-0.15, -0.1) is 0 Å². The summed E-state index contributed by atoms with van der Waals surface area (Å²) in [6.07, 6.45) is 0.320. The van der Waals surface area contributed by atoms with Crippen LogP contribution in [0.25, 0.3) is 0 Å². The molecule has 0 atom stereocenters. The molecule has 0 radical (unpaired) electrons. The Morgan fingerprint density at radius 1 is 1.44 bits per heavy atom. The second-order valence-corrected chi connectivity index (χ2v) is 3.64. The molecule has 0 amide bonds. The molecule has 0 bridgehead atoms. The summed E-state index contributed by atoms with van der Waals surface area (Å²) < 4.78 is 26.9. The van der Waals surface area contributed by atoms with Crippen LogP contribution < -0.4 is 4.90 Å². The maximum Gasteiger partial charge on any atom is 0.295 e. The lowest BCUT2D eigenvalue weighted by Crippen LogP contribution is -2.26. The number of nitro benzene ring substituents is 1. The van der Waals surface area contributed by atoms with E-state index in [0.29, 0.717) is 6.42 Å². The number of nitrogens with zero attached hydrogens (tertiary/aromatic N) is 2. The van der Waals surface area contributed by atoms with Gasteiger partial charge in [0.05, 0.1) is 4.92 Å². The number of aliphatic hydroxyl groups is 1. The lowest BCUT2D eigenvalue weighted by Gasteiger charge is -2.22. The predicted octanol–water partition coefficient (Wildman–Crippen LogP) is 2.08. The molecule has 5 nitrogen and oxygen atoms in total. The summed E-state index contributed by atoms with van der Waals surface area (Å²) in [5, 5.41) is 19.6. The molecular weight excluding hydrogens is 246 g/mol. The molecule has 0 aromatic heterocycles. The quantitative estimate of drug-likeness (QED) is 0.628. The summed E-state index contributed by atoms with van der Waals surface area (Å²) in [5.41, 5.74) is -0.843. The maximum atomic E-state index is 13.7. The fraction of sp³-hybridized carbons (Fsp3) is 0.455. The molecule has 1 aromatic rings. The minimum Gasteiger partial charge on any atom is -0.396 e. The van der Waals surface area contributed by atoms with E-state index in [1.165, 1.54) is 4.90 Å². The second-order valence-electron chi connectivity index (χ2n) is 3.64. The van der Waals surface area contributed by atoms with Gasteiger partial charge in [-0.3, -0.25) is 10.1 Å². The minimum atomic E-state index is -1.23. The van der Waals surface area contributed by atoms with Crippen LogP contribution >= 0.6 is 0 Å². The molecule has 0 aliphatic heterocycles. The summed E-state index contributed by atoms with van der Waals surface area (Å²) in [5.74, 6) is -2.36. The second kappa shape index (κ2) is 6.25. The van der Waals surface area contributed by atoms with Crippen molar-refractivity contribution in [2.45, 2.75) is 13.3 Å². The van der Waals surface area contributed by atoms with Crippen molar-refractivity contribution in [3.8, 4) is 0 Å². The summed E-state index contributed by atoms with van der Waals surface area (Å²) in [6, 6.07) is 1.67. The smallest absolute Gasteiger partial charge is 0.295 e. The number of hydrogen-bond donors (Lipinski definition) is 1. The Morgan fingerprint density at radius 3 is 2.61 bits per heavy atom. The van der Waals surface area contributed by atoms with Gasteiger partial charge in [0.15, 0.2) is 17.3 Å². The van der Waals surface area contributed by atoms with Crippen molar-refractivity contribution in [2.24, 2.45) is 0 Å². The molecule has 1 rings (SSSR count). The first-order valence-electron chi connectivity index (χ1n) is 5.51. The summed E-state index contributed by atoms with van der Waals surface area (Å²) in [6.45, 7) is 2.04. The minimum absolute atomic E-state index is 0.124. The third kappa shape index (κ3) is 2.92. The van der Waals surface area contributed by atoms with Gasteiger partial charge in [0.1, 0.15) is 0 Å². The number of halogens is 2. The van der Waals surface area contributed by atoms with Crippen molar-refractivity contribution >= 4 is 11.4 Å². The molecule has 0 fully saturated rings. The number of benzene rings is 1. The topological polar surface area (TPSA) is 66.6 Å². The van der Waals surface area contributed by atoms with Gasteiger partial charge in [0.2, 0.25) is 0 Å². The highest BCUT2D eigenvalue weighted by molar-refractivity contribution is 5.64. The Labute approximate surface area is 103 Å². The summed E-state index contributed by atoms with van der Waals surface area (Å²) >= 11 is 0. The van der Waals surface area contributed by atoms with Crippen LogP contribution in [-0.2, 0) is 0 Å². The zero-order valence-electron chi connectivity index (χ0n) is 9.90. The first-order chi connectivity index (χ1) is 8.52. The maximum absolute atomic E-state index is 13.7. The van der Waals surface area contributed by atoms with Gasteiger partial charge in [-0.05, 0) is 19.4 Å². The molecule has 0 saturated carbocycles. The first kappa shape index (κ1) is 14.3. The molecule has 0 aliphatic carbocycles. The summed E-state index contributed by atoms with van der Waals surface area (Å²) in [4.78, 5) is 11.4. The standard InChI is InChI=1S/C11H14F2N2O3/c1-2-14(6-3-7-16)11-9(15(17)18)5-4-8(12)10(11)13/h4-5,16H,2-3,6-7H2,1H3. The number of hydrogen-bond acceptors (Lipinski definition) is 4. The fourth-order valence-corrected chi connectivity index (χ4v) is 1.67. The Kier molecular flexibility index (Phi) is 4.96. The van der Waals surface area contributed by atoms with Crippen molar-refractivity contribution in [1.29, 1.82) is 0 Å². The van der Waals surface area contributed by atoms with Crippen molar-refractivity contribution in [3.63, 3.8) is 0 Å². The zero-order chi connectivity index (χ0) is 13.7. The number of aliphatic hydroxyl groups excluding tert-OH is 1. The van der Waals surface area contributed by atoms with Crippen LogP contribution in [0.3, 0.4) is 0 Å². The Hall–Kier alpha value is -1.76. The van der Waals surface area contributed by atoms with Crippen molar-refractivity contribution in [2.75, 3.05) is 24.6 Å². The van der Waals surface area contributed by atoms with Crippen LogP contribution in [0.15, 0.2) is 12.1 Å². The molecule has 1 aromatic carbocycles. The molecular formula is C11H14F2N2O3. The lowest BCUT2D eigenvalue weighted by atomic mass is 10.2. The molecule has 100 valence electrons. The summed E-state index contributed by atoms with van der Waals surface area (Å²) in [7, 11) is 0. The number of nitro groups is 1. The third-order valence-corrected chi connectivity index (χ3v) is 2.53. The monoisotopic (exact) mass is 260 g/mol. The van der Waals surface area contributed by atoms with E-state index in [9.17, 15) is 18.9 Å². The molecule has 0 unspecified atom stereocenters. The zero-order valence-corrected chi connectivity index (χ0v) is 9.90. The normalized spacial score (nSPS) is 10.4. The van der Waals surface area contributed by atoms with Gasteiger partial charge in [-0.1, -0.05) is 0 Å². The van der Waals surface area contributed by atoms with E-state index < -0.39 is 22.2 Å².